The van der Waals surface area contributed by atoms with Crippen molar-refractivity contribution in [2.45, 2.75) is 38.0 Å². The highest BCUT2D eigenvalue weighted by Gasteiger charge is 2.29. The molecule has 2 aromatic rings. The van der Waals surface area contributed by atoms with Crippen molar-refractivity contribution in [3.63, 3.8) is 0 Å². The van der Waals surface area contributed by atoms with Gasteiger partial charge in [0, 0.05) is 12.8 Å². The van der Waals surface area contributed by atoms with Crippen molar-refractivity contribution in [3.05, 3.63) is 23.8 Å². The molecule has 16 heteroatoms. The van der Waals surface area contributed by atoms with Gasteiger partial charge in [-0.15, -0.1) is 0 Å². The number of unbranched alkanes of at least 4 members (excludes halogenated alkanes) is 1. The number of aliphatic carboxylic acids is 2. The molecule has 0 fully saturated rings. The lowest BCUT2D eigenvalue weighted by Crippen LogP contribution is -2.37. The van der Waals surface area contributed by atoms with Gasteiger partial charge in [-0.05, 0) is 12.8 Å². The van der Waals surface area contributed by atoms with E-state index in [1.807, 2.05) is 12.4 Å². The molecule has 0 aliphatic rings. The fraction of sp³-hybridized carbons (Fsp3) is 0.429. The number of aryl methyl sites for hydroxylation is 2. The van der Waals surface area contributed by atoms with Crippen LogP contribution in [0.25, 0.3) is 0 Å². The quantitative estimate of drug-likeness (QED) is 0.311. The van der Waals surface area contributed by atoms with Crippen LogP contribution in [0.4, 0.5) is 38.2 Å². The number of carboxylic acids is 2. The summed E-state index contributed by atoms with van der Waals surface area (Å²) in [6.07, 6.45) is -2.31. The number of hydrogen-bond acceptors (Lipinski definition) is 6. The third-order valence-electron chi connectivity index (χ3n) is 3.00. The van der Waals surface area contributed by atoms with Gasteiger partial charge in [-0.2, -0.15) is 26.3 Å². The number of carbonyl (C=O) groups is 2. The normalized spacial score (nSPS) is 11.0. The van der Waals surface area contributed by atoms with Crippen molar-refractivity contribution in [2.75, 3.05) is 11.5 Å². The number of hydrogen-bond donors (Lipinski definition) is 4. The summed E-state index contributed by atoms with van der Waals surface area (Å²) in [6, 6.07) is 0. The zero-order chi connectivity index (χ0) is 23.5. The molecule has 0 aromatic carbocycles. The average Bonchev–Trinajstić information content (AvgIpc) is 3.19. The van der Waals surface area contributed by atoms with Crippen LogP contribution in [0, 0.1) is 0 Å². The highest BCUT2D eigenvalue weighted by Crippen LogP contribution is 2.12. The molecule has 0 aliphatic heterocycles. The van der Waals surface area contributed by atoms with E-state index in [0.717, 1.165) is 37.1 Å². The van der Waals surface area contributed by atoms with Crippen LogP contribution in [0.2, 0.25) is 0 Å². The monoisotopic (exact) mass is 448 g/mol. The van der Waals surface area contributed by atoms with Gasteiger partial charge in [0.05, 0.1) is 12.4 Å². The van der Waals surface area contributed by atoms with E-state index in [1.165, 1.54) is 0 Å². The number of carbonyl (C=O) groups excluding carboxylic acids is 2. The van der Waals surface area contributed by atoms with Crippen LogP contribution in [0.3, 0.4) is 0 Å². The van der Waals surface area contributed by atoms with Crippen molar-refractivity contribution in [2.24, 2.45) is 0 Å². The molecule has 0 spiro atoms. The van der Waals surface area contributed by atoms with Crippen molar-refractivity contribution in [1.29, 1.82) is 0 Å². The predicted octanol–water partition coefficient (Wildman–Crippen LogP) is -1.70. The van der Waals surface area contributed by atoms with Gasteiger partial charge in [-0.1, -0.05) is 0 Å². The zero-order valence-corrected chi connectivity index (χ0v) is 15.0. The van der Waals surface area contributed by atoms with E-state index in [2.05, 4.69) is 19.9 Å². The van der Waals surface area contributed by atoms with E-state index in [9.17, 15) is 26.3 Å². The summed E-state index contributed by atoms with van der Waals surface area (Å²) in [4.78, 5) is 29.6. The van der Waals surface area contributed by atoms with Crippen LogP contribution in [0.5, 0.6) is 0 Å². The Morgan fingerprint density at radius 3 is 1.23 bits per heavy atom. The summed E-state index contributed by atoms with van der Waals surface area (Å²) < 4.78 is 63.1. The number of alkyl halides is 6. The number of imidazole rings is 2. The maximum Gasteiger partial charge on any atom is 0.430 e. The minimum Gasteiger partial charge on any atom is -0.542 e. The van der Waals surface area contributed by atoms with Crippen molar-refractivity contribution >= 4 is 23.8 Å². The Balaban J connectivity index is 0.000000503. The van der Waals surface area contributed by atoms with E-state index >= 15 is 0 Å². The zero-order valence-electron chi connectivity index (χ0n) is 15.0. The third kappa shape index (κ3) is 12.1. The first kappa shape index (κ1) is 26.5. The first-order valence-electron chi connectivity index (χ1n) is 7.89. The molecule has 170 valence electrons. The molecular formula is C14H18F6N6O4. The molecule has 0 unspecified atom stereocenters. The lowest BCUT2D eigenvalue weighted by atomic mass is 10.1. The molecule has 30 heavy (non-hydrogen) atoms. The molecule has 2 aromatic heterocycles. The SMILES string of the molecule is Nc1[nH]c(CCCCc2c[nH+]c(N)[nH]2)c[nH+]1.O=C([O-])C(F)(F)F.O=C([O-])C(F)(F)F. The molecule has 2 heterocycles. The Morgan fingerprint density at radius 2 is 1.07 bits per heavy atom. The number of H-pyrrole nitrogens is 4. The molecule has 0 saturated carbocycles. The number of nitrogens with two attached hydrogens (primary N) is 2. The van der Waals surface area contributed by atoms with E-state index in [-0.39, 0.29) is 0 Å². The Bertz CT molecular complexity index is 735. The molecule has 0 radical (unpaired) electrons. The summed E-state index contributed by atoms with van der Waals surface area (Å²) in [5.74, 6) is -4.79. The lowest BCUT2D eigenvalue weighted by molar-refractivity contribution is -0.358. The van der Waals surface area contributed by atoms with E-state index in [4.69, 9.17) is 31.3 Å². The second-order valence-electron chi connectivity index (χ2n) is 5.48. The van der Waals surface area contributed by atoms with Gasteiger partial charge >= 0.3 is 24.2 Å². The van der Waals surface area contributed by atoms with Crippen LogP contribution < -0.4 is 31.6 Å². The summed E-state index contributed by atoms with van der Waals surface area (Å²) in [7, 11) is 0. The van der Waals surface area contributed by atoms with Crippen molar-refractivity contribution in [1.82, 2.24) is 9.97 Å². The maximum atomic E-state index is 10.5. The van der Waals surface area contributed by atoms with Crippen molar-refractivity contribution in [3.8, 4) is 0 Å². The largest absolute Gasteiger partial charge is 0.542 e. The Labute approximate surface area is 164 Å². The predicted molar refractivity (Wildman–Crippen MR) is 82.3 cm³/mol. The molecule has 10 nitrogen and oxygen atoms in total. The molecule has 0 bridgehead atoms. The minimum atomic E-state index is -5.19. The highest BCUT2D eigenvalue weighted by molar-refractivity contribution is 5.71. The highest BCUT2D eigenvalue weighted by atomic mass is 19.4. The molecular weight excluding hydrogens is 430 g/mol. The van der Waals surface area contributed by atoms with E-state index in [1.54, 1.807) is 0 Å². The van der Waals surface area contributed by atoms with Crippen LogP contribution in [0.15, 0.2) is 12.4 Å². The van der Waals surface area contributed by atoms with E-state index in [0.29, 0.717) is 11.9 Å². The molecule has 8 N–H and O–H groups in total. The molecule has 0 amide bonds. The first-order chi connectivity index (χ1) is 13.6. The number of rotatable bonds is 5. The number of aromatic amines is 4. The summed E-state index contributed by atoms with van der Waals surface area (Å²) in [6.45, 7) is 0. The van der Waals surface area contributed by atoms with Gasteiger partial charge in [0.1, 0.15) is 23.3 Å². The second-order valence-corrected chi connectivity index (χ2v) is 5.48. The number of aromatic nitrogens is 4. The van der Waals surface area contributed by atoms with Gasteiger partial charge in [0.2, 0.25) is 0 Å². The van der Waals surface area contributed by atoms with Gasteiger partial charge in [-0.25, -0.2) is 19.9 Å². The van der Waals surface area contributed by atoms with Crippen LogP contribution >= 0.6 is 0 Å². The summed E-state index contributed by atoms with van der Waals surface area (Å²) in [5.41, 5.74) is 13.4. The Kier molecular flexibility index (Phi) is 10.2. The fourth-order valence-corrected chi connectivity index (χ4v) is 1.72. The number of nitrogens with one attached hydrogen (secondary N) is 4. The van der Waals surface area contributed by atoms with Gasteiger partial charge in [-0.3, -0.25) is 11.5 Å². The van der Waals surface area contributed by atoms with Gasteiger partial charge < -0.3 is 19.8 Å². The standard InChI is InChI=1S/C10H16N6.2C2HF3O2/c11-9-13-5-7(15-9)3-1-2-4-8-6-14-10(12)16-8;2*3-2(4,5)1(6)7/h5-6H,1-4H2,(H3,11,13,15)(H3,12,14,16);2*(H,6,7). The van der Waals surface area contributed by atoms with Gasteiger partial charge in [0.25, 0.3) is 0 Å². The number of halogens is 6. The number of nitrogen functional groups attached to an aromatic ring is 2. The molecule has 0 aliphatic carbocycles. The molecule has 0 atom stereocenters. The summed E-state index contributed by atoms with van der Waals surface area (Å²) in [5, 5.41) is 17.6. The lowest BCUT2D eigenvalue weighted by Gasteiger charge is -2.03. The smallest absolute Gasteiger partial charge is 0.430 e. The van der Waals surface area contributed by atoms with Crippen LogP contribution in [0.1, 0.15) is 24.2 Å². The average molecular weight is 448 g/mol. The van der Waals surface area contributed by atoms with E-state index < -0.39 is 24.3 Å². The number of anilines is 2. The third-order valence-corrected chi connectivity index (χ3v) is 3.00. The topological polar surface area (TPSA) is 192 Å². The second kappa shape index (κ2) is 11.5. The minimum absolute atomic E-state index is 0.613. The Morgan fingerprint density at radius 1 is 0.800 bits per heavy atom. The number of carboxylic acid groups (broad SMARTS) is 2. The van der Waals surface area contributed by atoms with Crippen LogP contribution in [-0.2, 0) is 22.4 Å². The van der Waals surface area contributed by atoms with Gasteiger partial charge in [0.15, 0.2) is 0 Å². The Hall–Kier alpha value is -3.46. The molecule has 2 rings (SSSR count). The molecule has 0 saturated heterocycles. The summed E-state index contributed by atoms with van der Waals surface area (Å²) >= 11 is 0. The first-order valence-corrected chi connectivity index (χ1v) is 7.89. The fourth-order valence-electron chi connectivity index (χ4n) is 1.72. The maximum absolute atomic E-state index is 10.5. The van der Waals surface area contributed by atoms with Crippen LogP contribution in [-0.4, -0.2) is 34.3 Å². The van der Waals surface area contributed by atoms with Crippen molar-refractivity contribution < 1.29 is 56.1 Å².